The lowest BCUT2D eigenvalue weighted by Gasteiger charge is -2.33. The molecule has 0 bridgehead atoms. The lowest BCUT2D eigenvalue weighted by molar-refractivity contribution is 0.443. The Morgan fingerprint density at radius 3 is 1.54 bits per heavy atom. The zero-order valence-corrected chi connectivity index (χ0v) is 52.7. The van der Waals surface area contributed by atoms with E-state index in [1.165, 1.54) is 159 Å². The van der Waals surface area contributed by atoms with E-state index in [-0.39, 0.29) is 14.0 Å². The fraction of sp³-hybridized carbons (Fsp3) is 0.106. The SMILES string of the molecule is Cc1ccc(N(c2ccc(C)c(C3=CN4B(C=C3)N(c3cc5c6ccccc6c(N(c6ccc(C)cc6)c6ccc(C7CCCCC7)cc6)cc5c5ccccc35)c3ccccc34)c2)c2c3ccccc3c(N3B4C=CC=CN4c4ccccc43)c3ccccc23)cc1. The minimum absolute atomic E-state index is 0.00789. The average molecular weight is 1200 g/mol. The minimum atomic E-state index is -0.121. The highest BCUT2D eigenvalue weighted by Gasteiger charge is 2.43. The van der Waals surface area contributed by atoms with Crippen molar-refractivity contribution in [2.75, 3.05) is 29.0 Å². The molecule has 0 N–H and O–H groups in total. The number of allylic oxidation sites excluding steroid dienone is 4. The van der Waals surface area contributed by atoms with Gasteiger partial charge in [0.05, 0.1) is 34.1 Å². The van der Waals surface area contributed by atoms with Crippen LogP contribution in [-0.2, 0) is 0 Å². The predicted octanol–water partition coefficient (Wildman–Crippen LogP) is 23.0. The second-order valence-corrected chi connectivity index (χ2v) is 26.1. The first-order valence-electron chi connectivity index (χ1n) is 33.2. The number of anilines is 12. The van der Waals surface area contributed by atoms with E-state index in [2.05, 4.69) is 341 Å². The number of hydrogen-bond donors (Lipinski definition) is 0. The standard InChI is InChI=1S/C85H68B2N6/c1-57-35-42-63(43-36-57)90(64-47-40-61(41-48-64)60-21-5-4-6-22-60)82-54-76-68-24-8-10-26-70(68)83(55-77(76)67-23-7-9-25-69(67)82)92-80-33-17-16-32-79(80)89-56-62(49-51-87(89)92)75-53-66(46-39-59(75)3)91(65-44-37-58(2)38-45-65)84-71-27-11-13-29-73(71)85(74-30-14-12-28-72(74)84)93-81-34-18-15-31-78(81)88-52-20-19-50-86(88)93/h7-20,23-56,60H,4-6,21-22H2,1-3H3. The topological polar surface area (TPSA) is 19.4 Å². The Morgan fingerprint density at radius 2 is 0.882 bits per heavy atom. The van der Waals surface area contributed by atoms with Crippen molar-refractivity contribution in [1.29, 1.82) is 0 Å². The Balaban J connectivity index is 0.759. The Bertz CT molecular complexity index is 5240. The van der Waals surface area contributed by atoms with Crippen LogP contribution in [0.3, 0.4) is 0 Å². The second kappa shape index (κ2) is 22.2. The third kappa shape index (κ3) is 8.94. The molecule has 8 heteroatoms. The van der Waals surface area contributed by atoms with Gasteiger partial charge in [0.2, 0.25) is 0 Å². The molecule has 0 spiro atoms. The highest BCUT2D eigenvalue weighted by molar-refractivity contribution is 6.78. The molecule has 1 saturated carbocycles. The van der Waals surface area contributed by atoms with E-state index >= 15 is 0 Å². The molecule has 0 radical (unpaired) electrons. The molecule has 0 unspecified atom stereocenters. The zero-order valence-electron chi connectivity index (χ0n) is 52.7. The van der Waals surface area contributed by atoms with Gasteiger partial charge in [0.1, 0.15) is 0 Å². The van der Waals surface area contributed by atoms with E-state index in [4.69, 9.17) is 0 Å². The molecule has 4 heterocycles. The van der Waals surface area contributed by atoms with Crippen molar-refractivity contribution in [3.8, 4) is 0 Å². The fourth-order valence-electron chi connectivity index (χ4n) is 16.1. The molecule has 1 aliphatic carbocycles. The highest BCUT2D eigenvalue weighted by Crippen LogP contribution is 2.55. The van der Waals surface area contributed by atoms with Crippen LogP contribution < -0.4 is 29.0 Å². The van der Waals surface area contributed by atoms with Gasteiger partial charge in [-0.3, -0.25) is 0 Å². The molecule has 0 amide bonds. The summed E-state index contributed by atoms with van der Waals surface area (Å²) in [5.74, 6) is 5.38. The van der Waals surface area contributed by atoms with E-state index in [1.807, 2.05) is 0 Å². The van der Waals surface area contributed by atoms with Gasteiger partial charge in [0.25, 0.3) is 0 Å². The van der Waals surface area contributed by atoms with Crippen molar-refractivity contribution in [3.63, 3.8) is 0 Å². The van der Waals surface area contributed by atoms with Crippen LogP contribution in [0, 0.1) is 20.8 Å². The van der Waals surface area contributed by atoms with Crippen LogP contribution in [0.25, 0.3) is 59.4 Å². The molecule has 444 valence electrons. The Kier molecular flexibility index (Phi) is 13.1. The van der Waals surface area contributed by atoms with Gasteiger partial charge in [-0.2, -0.15) is 0 Å². The molecular weight excluding hydrogens is 1130 g/mol. The highest BCUT2D eigenvalue weighted by atomic mass is 15.3. The normalized spacial score (nSPS) is 15.0. The van der Waals surface area contributed by atoms with Crippen LogP contribution in [0.15, 0.2) is 291 Å². The van der Waals surface area contributed by atoms with Crippen LogP contribution in [-0.4, -0.2) is 14.0 Å². The minimum Gasteiger partial charge on any atom is -0.367 e. The van der Waals surface area contributed by atoms with Gasteiger partial charge in [-0.25, -0.2) is 0 Å². The third-order valence-electron chi connectivity index (χ3n) is 20.6. The van der Waals surface area contributed by atoms with Crippen molar-refractivity contribution < 1.29 is 0 Å². The van der Waals surface area contributed by atoms with Crippen LogP contribution in [0.1, 0.15) is 65.8 Å². The van der Waals surface area contributed by atoms with Gasteiger partial charge >= 0.3 is 14.0 Å². The maximum absolute atomic E-state index is 2.58. The average Bonchev–Trinajstić information content (AvgIpc) is 1.68. The smallest absolute Gasteiger partial charge is 0.367 e. The first-order valence-corrected chi connectivity index (χ1v) is 33.2. The van der Waals surface area contributed by atoms with E-state index in [9.17, 15) is 0 Å². The number of nitrogens with zero attached hydrogens (tertiary/aromatic N) is 6. The monoisotopic (exact) mass is 1190 g/mol. The molecule has 1 fully saturated rings. The van der Waals surface area contributed by atoms with E-state index in [0.717, 1.165) is 28.3 Å². The Morgan fingerprint density at radius 1 is 0.376 bits per heavy atom. The Labute approximate surface area is 545 Å². The van der Waals surface area contributed by atoms with Crippen LogP contribution in [0.5, 0.6) is 0 Å². The molecule has 93 heavy (non-hydrogen) atoms. The van der Waals surface area contributed by atoms with Gasteiger partial charge in [-0.1, -0.05) is 218 Å². The summed E-state index contributed by atoms with van der Waals surface area (Å²) in [6, 6.07) is 93.8. The third-order valence-corrected chi connectivity index (χ3v) is 20.6. The molecule has 5 aliphatic rings. The number of para-hydroxylation sites is 4. The molecule has 0 aromatic heterocycles. The first-order chi connectivity index (χ1) is 45.9. The lowest BCUT2D eigenvalue weighted by Crippen LogP contribution is -2.43. The van der Waals surface area contributed by atoms with Crippen molar-refractivity contribution in [2.24, 2.45) is 0 Å². The summed E-state index contributed by atoms with van der Waals surface area (Å²) in [5, 5.41) is 12.1. The number of aryl methyl sites for hydroxylation is 3. The molecule has 13 aromatic rings. The van der Waals surface area contributed by atoms with Crippen molar-refractivity contribution in [2.45, 2.75) is 58.8 Å². The lowest BCUT2D eigenvalue weighted by atomic mass is 9.69. The molecule has 0 saturated heterocycles. The van der Waals surface area contributed by atoms with Crippen molar-refractivity contribution in [3.05, 3.63) is 319 Å². The van der Waals surface area contributed by atoms with Gasteiger partial charge in [-0.15, -0.1) is 0 Å². The van der Waals surface area contributed by atoms with E-state index in [0.29, 0.717) is 5.92 Å². The Hall–Kier alpha value is -11.0. The summed E-state index contributed by atoms with van der Waals surface area (Å²) in [6.45, 7) is 6.48. The van der Waals surface area contributed by atoms with Gasteiger partial charge in [0.15, 0.2) is 0 Å². The van der Waals surface area contributed by atoms with Crippen LogP contribution in [0.2, 0.25) is 0 Å². The van der Waals surface area contributed by atoms with Gasteiger partial charge in [0, 0.05) is 72.6 Å². The molecule has 6 nitrogen and oxygen atoms in total. The van der Waals surface area contributed by atoms with Crippen molar-refractivity contribution in [1.82, 2.24) is 0 Å². The fourth-order valence-corrected chi connectivity index (χ4v) is 16.1. The molecule has 13 aromatic carbocycles. The van der Waals surface area contributed by atoms with Crippen LogP contribution in [0.4, 0.5) is 68.2 Å². The number of benzene rings is 13. The number of fused-ring (bicyclic) bond motifs is 13. The predicted molar refractivity (Wildman–Crippen MR) is 399 cm³/mol. The summed E-state index contributed by atoms with van der Waals surface area (Å²) in [6.07, 6.45) is 17.9. The maximum atomic E-state index is 2.58. The summed E-state index contributed by atoms with van der Waals surface area (Å²) < 4.78 is 0. The van der Waals surface area contributed by atoms with Crippen molar-refractivity contribution >= 4 is 142 Å². The number of rotatable bonds is 10. The maximum Gasteiger partial charge on any atom is 0.412 e. The summed E-state index contributed by atoms with van der Waals surface area (Å²) in [4.78, 5) is 15.0. The first kappa shape index (κ1) is 54.9. The second-order valence-electron chi connectivity index (χ2n) is 26.1. The summed E-state index contributed by atoms with van der Waals surface area (Å²) in [7, 11) is 0. The molecule has 4 aliphatic heterocycles. The van der Waals surface area contributed by atoms with Gasteiger partial charge < -0.3 is 29.0 Å². The van der Waals surface area contributed by atoms with E-state index in [1.54, 1.807) is 0 Å². The van der Waals surface area contributed by atoms with Crippen LogP contribution >= 0.6 is 0 Å². The van der Waals surface area contributed by atoms with E-state index < -0.39 is 0 Å². The van der Waals surface area contributed by atoms with Gasteiger partial charge in [-0.05, 0) is 181 Å². The number of hydrogen-bond acceptors (Lipinski definition) is 6. The quantitative estimate of drug-likeness (QED) is 0.0767. The molecule has 0 atom stereocenters. The summed E-state index contributed by atoms with van der Waals surface area (Å²) >= 11 is 0. The molecule has 18 rings (SSSR count). The summed E-state index contributed by atoms with van der Waals surface area (Å²) in [5.41, 5.74) is 21.5. The molecular formula is C85H68B2N6. The zero-order chi connectivity index (χ0) is 61.8. The largest absolute Gasteiger partial charge is 0.412 e.